The highest BCUT2D eigenvalue weighted by Gasteiger charge is 2.46. The van der Waals surface area contributed by atoms with Gasteiger partial charge in [-0.25, -0.2) is 0 Å². The second-order valence-corrected chi connectivity index (χ2v) is 12.6. The van der Waals surface area contributed by atoms with Crippen LogP contribution in [0.1, 0.15) is 148 Å². The monoisotopic (exact) mass is 548 g/mol. The summed E-state index contributed by atoms with van der Waals surface area (Å²) in [5, 5.41) is 0. The van der Waals surface area contributed by atoms with Gasteiger partial charge in [-0.05, 0) is 65.6 Å². The van der Waals surface area contributed by atoms with Gasteiger partial charge in [-0.1, -0.05) is 117 Å². The molecule has 3 rings (SSSR count). The van der Waals surface area contributed by atoms with Crippen LogP contribution >= 0.6 is 0 Å². The molecule has 220 valence electrons. The van der Waals surface area contributed by atoms with Gasteiger partial charge in [0, 0.05) is 18.3 Å². The van der Waals surface area contributed by atoms with Crippen molar-refractivity contribution >= 4 is 11.9 Å². The molecule has 0 saturated heterocycles. The summed E-state index contributed by atoms with van der Waals surface area (Å²) in [5.74, 6) is 0.910. The lowest BCUT2D eigenvalue weighted by atomic mass is 9.75. The Morgan fingerprint density at radius 1 is 0.625 bits per heavy atom. The summed E-state index contributed by atoms with van der Waals surface area (Å²) in [6.45, 7) is 11.2. The molecular weight excluding hydrogens is 496 g/mol. The van der Waals surface area contributed by atoms with Crippen LogP contribution in [-0.2, 0) is 20.4 Å². The number of benzene rings is 2. The number of ether oxygens (including phenoxy) is 2. The van der Waals surface area contributed by atoms with Crippen molar-refractivity contribution in [3.63, 3.8) is 0 Å². The van der Waals surface area contributed by atoms with Gasteiger partial charge >= 0.3 is 11.9 Å². The first-order chi connectivity index (χ1) is 19.2. The summed E-state index contributed by atoms with van der Waals surface area (Å²) in [5.41, 5.74) is 3.43. The van der Waals surface area contributed by atoms with E-state index in [1.54, 1.807) is 0 Å². The number of hydrogen-bond acceptors (Lipinski definition) is 4. The molecule has 4 heteroatoms. The number of esters is 2. The van der Waals surface area contributed by atoms with Crippen LogP contribution in [0.3, 0.4) is 0 Å². The van der Waals surface area contributed by atoms with Gasteiger partial charge in [0.25, 0.3) is 0 Å². The summed E-state index contributed by atoms with van der Waals surface area (Å²) in [4.78, 5) is 24.9. The van der Waals surface area contributed by atoms with E-state index in [1.165, 1.54) is 68.1 Å². The third kappa shape index (κ3) is 8.94. The fraction of sp³-hybridized carbons (Fsp3) is 0.611. The fourth-order valence-electron chi connectivity index (χ4n) is 6.32. The fourth-order valence-corrected chi connectivity index (χ4v) is 6.32. The number of fused-ring (bicyclic) bond motifs is 1. The van der Waals surface area contributed by atoms with Crippen LogP contribution in [0.15, 0.2) is 42.5 Å². The van der Waals surface area contributed by atoms with Crippen molar-refractivity contribution in [2.75, 3.05) is 0 Å². The molecule has 1 aliphatic rings. The zero-order valence-electron chi connectivity index (χ0n) is 25.8. The molecule has 0 fully saturated rings. The quantitative estimate of drug-likeness (QED) is 0.112. The van der Waals surface area contributed by atoms with Crippen molar-refractivity contribution in [2.24, 2.45) is 0 Å². The van der Waals surface area contributed by atoms with E-state index in [1.807, 2.05) is 18.2 Å². The molecule has 0 spiro atoms. The standard InChI is InChI=1S/C36H52O4/c1-6-8-10-12-14-16-18-33(37)39-29-22-20-28(21-23-29)36(5)27-35(3,4)31-25-24-30(26-32(31)36)40-34(38)19-17-15-13-11-9-7-2/h20-26H,6-19,27H2,1-5H3/t36-/m1/s1. The Kier molecular flexibility index (Phi) is 12.3. The van der Waals surface area contributed by atoms with Crippen molar-refractivity contribution < 1.29 is 19.1 Å². The minimum absolute atomic E-state index is 0.00657. The van der Waals surface area contributed by atoms with Crippen LogP contribution in [0, 0.1) is 0 Å². The summed E-state index contributed by atoms with van der Waals surface area (Å²) in [7, 11) is 0. The Morgan fingerprint density at radius 2 is 1.10 bits per heavy atom. The number of hydrogen-bond donors (Lipinski definition) is 0. The average molecular weight is 549 g/mol. The van der Waals surface area contributed by atoms with Gasteiger partial charge in [-0.15, -0.1) is 0 Å². The third-order valence-electron chi connectivity index (χ3n) is 8.53. The SMILES string of the molecule is CCCCCCCCC(=O)Oc1ccc([C@@]2(C)CC(C)(C)c3ccc(OC(=O)CCCCCCCC)cc32)cc1. The number of rotatable bonds is 17. The van der Waals surface area contributed by atoms with E-state index in [9.17, 15) is 9.59 Å². The lowest BCUT2D eigenvalue weighted by Gasteiger charge is -2.28. The Labute approximate surface area is 243 Å². The molecule has 2 aromatic carbocycles. The summed E-state index contributed by atoms with van der Waals surface area (Å²) in [6.07, 6.45) is 15.7. The maximum atomic E-state index is 12.5. The molecule has 0 amide bonds. The summed E-state index contributed by atoms with van der Waals surface area (Å²) in [6, 6.07) is 14.1. The second kappa shape index (κ2) is 15.4. The molecule has 1 aliphatic carbocycles. The summed E-state index contributed by atoms with van der Waals surface area (Å²) >= 11 is 0. The highest BCUT2D eigenvalue weighted by atomic mass is 16.5. The van der Waals surface area contributed by atoms with Crippen molar-refractivity contribution in [3.8, 4) is 11.5 Å². The van der Waals surface area contributed by atoms with Crippen molar-refractivity contribution in [1.82, 2.24) is 0 Å². The van der Waals surface area contributed by atoms with E-state index in [-0.39, 0.29) is 22.8 Å². The van der Waals surface area contributed by atoms with Crippen LogP contribution in [-0.4, -0.2) is 11.9 Å². The second-order valence-electron chi connectivity index (χ2n) is 12.6. The minimum atomic E-state index is -0.235. The van der Waals surface area contributed by atoms with Gasteiger partial charge in [-0.2, -0.15) is 0 Å². The molecule has 0 N–H and O–H groups in total. The van der Waals surface area contributed by atoms with E-state index in [2.05, 4.69) is 58.9 Å². The molecular formula is C36H52O4. The molecule has 4 nitrogen and oxygen atoms in total. The highest BCUT2D eigenvalue weighted by Crippen LogP contribution is 2.53. The maximum Gasteiger partial charge on any atom is 0.311 e. The molecule has 1 atom stereocenters. The Bertz CT molecular complexity index is 1080. The molecule has 0 saturated carbocycles. The highest BCUT2D eigenvalue weighted by molar-refractivity contribution is 5.73. The largest absolute Gasteiger partial charge is 0.427 e. The number of carbonyl (C=O) groups excluding carboxylic acids is 2. The predicted molar refractivity (Wildman–Crippen MR) is 164 cm³/mol. The normalized spacial score (nSPS) is 17.4. The van der Waals surface area contributed by atoms with E-state index < -0.39 is 0 Å². The predicted octanol–water partition coefficient (Wildman–Crippen LogP) is 9.99. The van der Waals surface area contributed by atoms with Crippen LogP contribution in [0.25, 0.3) is 0 Å². The molecule has 0 aromatic heterocycles. The topological polar surface area (TPSA) is 52.6 Å². The molecule has 0 radical (unpaired) electrons. The van der Waals surface area contributed by atoms with Crippen molar-refractivity contribution in [2.45, 2.75) is 142 Å². The van der Waals surface area contributed by atoms with Crippen LogP contribution in [0.4, 0.5) is 0 Å². The first kappa shape index (κ1) is 31.9. The zero-order valence-corrected chi connectivity index (χ0v) is 25.8. The summed E-state index contributed by atoms with van der Waals surface area (Å²) < 4.78 is 11.4. The van der Waals surface area contributed by atoms with Gasteiger partial charge in [0.2, 0.25) is 0 Å². The van der Waals surface area contributed by atoms with E-state index in [4.69, 9.17) is 9.47 Å². The van der Waals surface area contributed by atoms with Crippen LogP contribution in [0.5, 0.6) is 11.5 Å². The molecule has 0 aliphatic heterocycles. The minimum Gasteiger partial charge on any atom is -0.427 e. The Balaban J connectivity index is 1.62. The molecule has 40 heavy (non-hydrogen) atoms. The molecule has 0 bridgehead atoms. The zero-order chi connectivity index (χ0) is 29.0. The van der Waals surface area contributed by atoms with Crippen LogP contribution < -0.4 is 9.47 Å². The molecule has 2 aromatic rings. The average Bonchev–Trinajstić information content (AvgIpc) is 3.13. The third-order valence-corrected chi connectivity index (χ3v) is 8.53. The van der Waals surface area contributed by atoms with E-state index in [0.717, 1.165) is 32.1 Å². The number of carbonyl (C=O) groups is 2. The first-order valence-electron chi connectivity index (χ1n) is 15.9. The Morgan fingerprint density at radius 3 is 1.65 bits per heavy atom. The van der Waals surface area contributed by atoms with Gasteiger partial charge in [0.05, 0.1) is 0 Å². The van der Waals surface area contributed by atoms with Gasteiger partial charge < -0.3 is 9.47 Å². The molecule has 0 heterocycles. The van der Waals surface area contributed by atoms with Gasteiger partial charge in [-0.3, -0.25) is 9.59 Å². The first-order valence-corrected chi connectivity index (χ1v) is 15.9. The van der Waals surface area contributed by atoms with Gasteiger partial charge in [0.1, 0.15) is 11.5 Å². The molecule has 0 unspecified atom stereocenters. The van der Waals surface area contributed by atoms with E-state index >= 15 is 0 Å². The smallest absolute Gasteiger partial charge is 0.311 e. The van der Waals surface area contributed by atoms with Crippen molar-refractivity contribution in [3.05, 3.63) is 59.2 Å². The lowest BCUT2D eigenvalue weighted by Crippen LogP contribution is -2.23. The van der Waals surface area contributed by atoms with E-state index in [0.29, 0.717) is 24.3 Å². The maximum absolute atomic E-state index is 12.5. The van der Waals surface area contributed by atoms with Crippen LogP contribution in [0.2, 0.25) is 0 Å². The number of unbranched alkanes of at least 4 members (excludes halogenated alkanes) is 10. The Hall–Kier alpha value is -2.62. The van der Waals surface area contributed by atoms with Gasteiger partial charge in [0.15, 0.2) is 0 Å². The van der Waals surface area contributed by atoms with Crippen molar-refractivity contribution in [1.29, 1.82) is 0 Å². The lowest BCUT2D eigenvalue weighted by molar-refractivity contribution is -0.135.